The number of nitrogens with one attached hydrogen (secondary N) is 2. The highest BCUT2D eigenvalue weighted by Crippen LogP contribution is 2.10. The molecule has 1 aliphatic rings. The van der Waals surface area contributed by atoms with Gasteiger partial charge in [-0.3, -0.25) is 9.89 Å². The molecule has 2 heterocycles. The monoisotopic (exact) mass is 278 g/mol. The van der Waals surface area contributed by atoms with Crippen molar-refractivity contribution in [3.8, 4) is 0 Å². The molecule has 1 aliphatic heterocycles. The van der Waals surface area contributed by atoms with Gasteiger partial charge in [-0.15, -0.1) is 0 Å². The predicted octanol–water partition coefficient (Wildman–Crippen LogP) is 1.91. The quantitative estimate of drug-likeness (QED) is 0.835. The molecule has 0 spiro atoms. The summed E-state index contributed by atoms with van der Waals surface area (Å²) in [7, 11) is 0. The molecule has 1 fully saturated rings. The molecule has 0 radical (unpaired) electrons. The third kappa shape index (κ3) is 4.34. The fourth-order valence-electron chi connectivity index (χ4n) is 2.76. The Balaban J connectivity index is 1.63. The summed E-state index contributed by atoms with van der Waals surface area (Å²) in [6.45, 7) is 7.98. The maximum absolute atomic E-state index is 11.8. The Bertz CT molecular complexity index is 416. The Hall–Kier alpha value is -1.36. The van der Waals surface area contributed by atoms with Crippen molar-refractivity contribution in [2.24, 2.45) is 0 Å². The normalized spacial score (nSPS) is 16.3. The lowest BCUT2D eigenvalue weighted by Crippen LogP contribution is -2.31. The molecule has 20 heavy (non-hydrogen) atoms. The second-order valence-corrected chi connectivity index (χ2v) is 5.70. The number of piperidine rings is 1. The van der Waals surface area contributed by atoms with Crippen molar-refractivity contribution < 1.29 is 4.79 Å². The van der Waals surface area contributed by atoms with Crippen LogP contribution in [-0.4, -0.2) is 40.6 Å². The van der Waals surface area contributed by atoms with Gasteiger partial charge in [0.25, 0.3) is 0 Å². The van der Waals surface area contributed by atoms with Crippen molar-refractivity contribution in [1.29, 1.82) is 0 Å². The number of likely N-dealkylation sites (tertiary alicyclic amines) is 1. The molecular weight excluding hydrogens is 252 g/mol. The van der Waals surface area contributed by atoms with E-state index < -0.39 is 0 Å². The number of nitrogens with zero attached hydrogens (tertiary/aromatic N) is 2. The number of carbonyl (C=O) groups is 1. The number of hydrogen-bond acceptors (Lipinski definition) is 3. The van der Waals surface area contributed by atoms with E-state index in [0.717, 1.165) is 29.9 Å². The molecule has 0 aliphatic carbocycles. The number of carbonyl (C=O) groups excluding carboxylic acids is 1. The number of aryl methyl sites for hydroxylation is 2. The highest BCUT2D eigenvalue weighted by atomic mass is 16.1. The van der Waals surface area contributed by atoms with Crippen LogP contribution in [0, 0.1) is 13.8 Å². The number of H-pyrrole nitrogens is 1. The molecule has 0 atom stereocenters. The topological polar surface area (TPSA) is 61.0 Å². The van der Waals surface area contributed by atoms with Gasteiger partial charge in [0.15, 0.2) is 0 Å². The van der Waals surface area contributed by atoms with Crippen molar-refractivity contribution >= 4 is 5.91 Å². The number of aromatic nitrogens is 2. The zero-order valence-electron chi connectivity index (χ0n) is 12.7. The third-order valence-electron chi connectivity index (χ3n) is 4.07. The first kappa shape index (κ1) is 15.0. The molecule has 2 N–H and O–H groups in total. The lowest BCUT2D eigenvalue weighted by Gasteiger charge is -2.26. The van der Waals surface area contributed by atoms with Gasteiger partial charge in [0.2, 0.25) is 5.91 Å². The molecule has 0 saturated carbocycles. The molecule has 5 nitrogen and oxygen atoms in total. The SMILES string of the molecule is Cc1n[nH]c(C)c1CNC(=O)CCCN1CCCCC1. The van der Waals surface area contributed by atoms with Gasteiger partial charge in [-0.1, -0.05) is 6.42 Å². The van der Waals surface area contributed by atoms with Crippen LogP contribution in [0.3, 0.4) is 0 Å². The van der Waals surface area contributed by atoms with Crippen molar-refractivity contribution in [1.82, 2.24) is 20.4 Å². The summed E-state index contributed by atoms with van der Waals surface area (Å²) in [5.74, 6) is 0.141. The lowest BCUT2D eigenvalue weighted by molar-refractivity contribution is -0.121. The van der Waals surface area contributed by atoms with Crippen LogP contribution in [0.15, 0.2) is 0 Å². The highest BCUT2D eigenvalue weighted by molar-refractivity contribution is 5.75. The number of aromatic amines is 1. The molecule has 2 rings (SSSR count). The molecule has 5 heteroatoms. The molecule has 1 amide bonds. The Morgan fingerprint density at radius 1 is 1.30 bits per heavy atom. The van der Waals surface area contributed by atoms with Gasteiger partial charge in [0, 0.05) is 24.2 Å². The second-order valence-electron chi connectivity index (χ2n) is 5.70. The van der Waals surface area contributed by atoms with Crippen LogP contribution >= 0.6 is 0 Å². The summed E-state index contributed by atoms with van der Waals surface area (Å²) in [6, 6.07) is 0. The molecule has 0 bridgehead atoms. The first-order chi connectivity index (χ1) is 9.66. The minimum Gasteiger partial charge on any atom is -0.352 e. The second kappa shape index (κ2) is 7.43. The van der Waals surface area contributed by atoms with E-state index in [0.29, 0.717) is 13.0 Å². The Morgan fingerprint density at radius 3 is 2.70 bits per heavy atom. The van der Waals surface area contributed by atoms with Crippen LogP contribution in [-0.2, 0) is 11.3 Å². The van der Waals surface area contributed by atoms with Gasteiger partial charge < -0.3 is 10.2 Å². The van der Waals surface area contributed by atoms with Crippen LogP contribution in [0.2, 0.25) is 0 Å². The molecule has 112 valence electrons. The Kier molecular flexibility index (Phi) is 5.59. The third-order valence-corrected chi connectivity index (χ3v) is 4.07. The van der Waals surface area contributed by atoms with E-state index in [1.807, 2.05) is 13.8 Å². The van der Waals surface area contributed by atoms with Crippen molar-refractivity contribution in [3.05, 3.63) is 17.0 Å². The molecule has 1 aromatic rings. The summed E-state index contributed by atoms with van der Waals surface area (Å²) < 4.78 is 0. The largest absolute Gasteiger partial charge is 0.352 e. The van der Waals surface area contributed by atoms with E-state index >= 15 is 0 Å². The number of rotatable bonds is 6. The average Bonchev–Trinajstić information content (AvgIpc) is 2.77. The van der Waals surface area contributed by atoms with E-state index in [1.165, 1.54) is 32.4 Å². The smallest absolute Gasteiger partial charge is 0.220 e. The minimum absolute atomic E-state index is 0.141. The number of hydrogen-bond donors (Lipinski definition) is 2. The average molecular weight is 278 g/mol. The van der Waals surface area contributed by atoms with Crippen LogP contribution in [0.1, 0.15) is 49.1 Å². The van der Waals surface area contributed by atoms with Gasteiger partial charge >= 0.3 is 0 Å². The van der Waals surface area contributed by atoms with E-state index in [2.05, 4.69) is 20.4 Å². The van der Waals surface area contributed by atoms with Gasteiger partial charge in [-0.2, -0.15) is 5.10 Å². The molecule has 0 unspecified atom stereocenters. The van der Waals surface area contributed by atoms with E-state index in [-0.39, 0.29) is 5.91 Å². The van der Waals surface area contributed by atoms with Crippen LogP contribution in [0.5, 0.6) is 0 Å². The zero-order chi connectivity index (χ0) is 14.4. The first-order valence-corrected chi connectivity index (χ1v) is 7.66. The van der Waals surface area contributed by atoms with Crippen LogP contribution in [0.4, 0.5) is 0 Å². The Morgan fingerprint density at radius 2 is 2.05 bits per heavy atom. The first-order valence-electron chi connectivity index (χ1n) is 7.66. The van der Waals surface area contributed by atoms with Gasteiger partial charge in [-0.25, -0.2) is 0 Å². The van der Waals surface area contributed by atoms with E-state index in [1.54, 1.807) is 0 Å². The predicted molar refractivity (Wildman–Crippen MR) is 79.4 cm³/mol. The van der Waals surface area contributed by atoms with E-state index in [9.17, 15) is 4.79 Å². The summed E-state index contributed by atoms with van der Waals surface area (Å²) >= 11 is 0. The summed E-state index contributed by atoms with van der Waals surface area (Å²) in [4.78, 5) is 14.3. The lowest BCUT2D eigenvalue weighted by atomic mass is 10.1. The number of amides is 1. The van der Waals surface area contributed by atoms with Gasteiger partial charge in [0.05, 0.1) is 5.69 Å². The zero-order valence-corrected chi connectivity index (χ0v) is 12.7. The van der Waals surface area contributed by atoms with Crippen LogP contribution < -0.4 is 5.32 Å². The van der Waals surface area contributed by atoms with Crippen molar-refractivity contribution in [2.75, 3.05) is 19.6 Å². The fourth-order valence-corrected chi connectivity index (χ4v) is 2.76. The molecule has 1 saturated heterocycles. The van der Waals surface area contributed by atoms with E-state index in [4.69, 9.17) is 0 Å². The minimum atomic E-state index is 0.141. The Labute approximate surface area is 121 Å². The fraction of sp³-hybridized carbons (Fsp3) is 0.733. The molecule has 1 aromatic heterocycles. The van der Waals surface area contributed by atoms with Crippen molar-refractivity contribution in [3.63, 3.8) is 0 Å². The maximum atomic E-state index is 11.8. The summed E-state index contributed by atoms with van der Waals surface area (Å²) in [6.07, 6.45) is 5.55. The summed E-state index contributed by atoms with van der Waals surface area (Å²) in [5, 5.41) is 10.1. The molecule has 0 aromatic carbocycles. The molecular formula is C15H26N4O. The van der Waals surface area contributed by atoms with Crippen LogP contribution in [0.25, 0.3) is 0 Å². The summed E-state index contributed by atoms with van der Waals surface area (Å²) in [5.41, 5.74) is 3.11. The highest BCUT2D eigenvalue weighted by Gasteiger charge is 2.11. The van der Waals surface area contributed by atoms with Gasteiger partial charge in [0.1, 0.15) is 0 Å². The maximum Gasteiger partial charge on any atom is 0.220 e. The van der Waals surface area contributed by atoms with Gasteiger partial charge in [-0.05, 0) is 52.7 Å². The standard InChI is InChI=1S/C15H26N4O/c1-12-14(13(2)18-17-12)11-16-15(20)7-6-10-19-8-4-3-5-9-19/h3-11H2,1-2H3,(H,16,20)(H,17,18). The van der Waals surface area contributed by atoms with Crippen molar-refractivity contribution in [2.45, 2.75) is 52.5 Å².